The molecule has 12 heteroatoms. The first-order valence-corrected chi connectivity index (χ1v) is 17.5. The second-order valence-corrected chi connectivity index (χ2v) is 18.0. The van der Waals surface area contributed by atoms with Crippen molar-refractivity contribution in [3.8, 4) is 6.07 Å². The first-order chi connectivity index (χ1) is 18.6. The Balaban J connectivity index is 1.25. The van der Waals surface area contributed by atoms with Gasteiger partial charge in [0.2, 0.25) is 0 Å². The lowest BCUT2D eigenvalue weighted by atomic mass is 9.83. The molecule has 1 amide bonds. The van der Waals surface area contributed by atoms with Gasteiger partial charge in [-0.25, -0.2) is 4.79 Å². The van der Waals surface area contributed by atoms with Crippen molar-refractivity contribution in [2.75, 3.05) is 44.5 Å². The Kier molecular flexibility index (Phi) is 7.59. The van der Waals surface area contributed by atoms with Gasteiger partial charge in [0.05, 0.1) is 24.4 Å². The molecule has 11 nitrogen and oxygen atoms in total. The lowest BCUT2D eigenvalue weighted by molar-refractivity contribution is -0.0485. The van der Waals surface area contributed by atoms with Crippen LogP contribution in [0.4, 0.5) is 10.6 Å². The smallest absolute Gasteiger partial charge is 0.407 e. The maximum absolute atomic E-state index is 11.4. The fourth-order valence-corrected chi connectivity index (χ4v) is 6.71. The number of amides is 1. The van der Waals surface area contributed by atoms with Gasteiger partial charge in [0.1, 0.15) is 24.8 Å². The molecule has 210 valence electrons. The topological polar surface area (TPSA) is 126 Å². The fourth-order valence-electron chi connectivity index (χ4n) is 5.95. The number of hydrogen-bond donors (Lipinski definition) is 2. The van der Waals surface area contributed by atoms with Crippen molar-refractivity contribution in [3.05, 3.63) is 35.8 Å². The predicted octanol–water partition coefficient (Wildman–Crippen LogP) is 3.59. The molecular weight excluding hydrogens is 512 g/mol. The van der Waals surface area contributed by atoms with Gasteiger partial charge in [-0.05, 0) is 31.9 Å². The van der Waals surface area contributed by atoms with Crippen LogP contribution in [0.15, 0.2) is 29.6 Å². The monoisotopic (exact) mass is 552 g/mol. The van der Waals surface area contributed by atoms with Gasteiger partial charge < -0.3 is 24.6 Å². The van der Waals surface area contributed by atoms with Gasteiger partial charge in [-0.2, -0.15) is 10.4 Å². The van der Waals surface area contributed by atoms with E-state index in [9.17, 15) is 15.2 Å². The molecule has 2 N–H and O–H groups in total. The SMILES string of the molecule is CC1CC(N2CC(CC#N)(n3cc(C4=NCN(COCC[Si](C)(C)C)c5[nH]ccc54)cn3)C2)CCN1C(=O)O. The van der Waals surface area contributed by atoms with Crippen molar-refractivity contribution in [1.82, 2.24) is 24.6 Å². The van der Waals surface area contributed by atoms with E-state index in [2.05, 4.69) is 40.5 Å². The number of fused-ring (bicyclic) bond motifs is 1. The van der Waals surface area contributed by atoms with Crippen LogP contribution in [0.5, 0.6) is 0 Å². The van der Waals surface area contributed by atoms with Gasteiger partial charge in [-0.3, -0.25) is 14.6 Å². The summed E-state index contributed by atoms with van der Waals surface area (Å²) in [4.78, 5) is 25.7. The van der Waals surface area contributed by atoms with E-state index in [-0.39, 0.29) is 11.6 Å². The quantitative estimate of drug-likeness (QED) is 0.360. The summed E-state index contributed by atoms with van der Waals surface area (Å²) in [5, 5.41) is 23.8. The molecule has 2 atom stereocenters. The number of nitrogens with zero attached hydrogens (tertiary/aromatic N) is 7. The molecule has 3 aliphatic rings. The number of carboxylic acid groups (broad SMARTS) is 1. The summed E-state index contributed by atoms with van der Waals surface area (Å²) in [6.45, 7) is 12.8. The van der Waals surface area contributed by atoms with Crippen LogP contribution >= 0.6 is 0 Å². The molecule has 3 aliphatic heterocycles. The second kappa shape index (κ2) is 10.8. The summed E-state index contributed by atoms with van der Waals surface area (Å²) < 4.78 is 7.94. The lowest BCUT2D eigenvalue weighted by Gasteiger charge is -2.54. The summed E-state index contributed by atoms with van der Waals surface area (Å²) in [6.07, 6.45) is 6.97. The van der Waals surface area contributed by atoms with Crippen LogP contribution in [0.2, 0.25) is 25.7 Å². The van der Waals surface area contributed by atoms with Gasteiger partial charge in [0.25, 0.3) is 0 Å². The Labute approximate surface area is 231 Å². The number of H-pyrrole nitrogens is 1. The number of nitriles is 1. The first kappa shape index (κ1) is 27.4. The van der Waals surface area contributed by atoms with Crippen LogP contribution in [-0.2, 0) is 10.3 Å². The average molecular weight is 553 g/mol. The molecule has 0 aromatic carbocycles. The molecule has 0 saturated carbocycles. The van der Waals surface area contributed by atoms with Crippen LogP contribution in [0, 0.1) is 11.3 Å². The van der Waals surface area contributed by atoms with Crippen molar-refractivity contribution in [2.45, 2.75) is 69.5 Å². The van der Waals surface area contributed by atoms with Crippen molar-refractivity contribution in [1.29, 1.82) is 5.26 Å². The van der Waals surface area contributed by atoms with Crippen LogP contribution in [0.1, 0.15) is 37.3 Å². The maximum Gasteiger partial charge on any atom is 0.407 e. The number of anilines is 1. The Bertz CT molecular complexity index is 1250. The lowest BCUT2D eigenvalue weighted by Crippen LogP contribution is -2.67. The number of rotatable bonds is 9. The number of aromatic nitrogens is 3. The van der Waals surface area contributed by atoms with Crippen molar-refractivity contribution in [3.63, 3.8) is 0 Å². The third-order valence-corrected chi connectivity index (χ3v) is 10.00. The number of hydrogen-bond acceptors (Lipinski definition) is 7. The molecule has 2 aromatic heterocycles. The number of ether oxygens (including phenoxy) is 1. The molecule has 0 aliphatic carbocycles. The Morgan fingerprint density at radius 2 is 2.15 bits per heavy atom. The van der Waals surface area contributed by atoms with E-state index in [0.717, 1.165) is 61.2 Å². The van der Waals surface area contributed by atoms with Gasteiger partial charge >= 0.3 is 6.09 Å². The highest BCUT2D eigenvalue weighted by atomic mass is 28.3. The van der Waals surface area contributed by atoms with Crippen molar-refractivity contribution >= 4 is 25.7 Å². The third kappa shape index (κ3) is 5.62. The zero-order chi connectivity index (χ0) is 27.8. The molecule has 2 saturated heterocycles. The number of likely N-dealkylation sites (tertiary alicyclic amines) is 2. The van der Waals surface area contributed by atoms with E-state index in [0.29, 0.717) is 32.4 Å². The Hall–Kier alpha value is -3.14. The molecule has 2 fully saturated rings. The number of carbonyl (C=O) groups is 1. The normalized spacial score (nSPS) is 23.1. The minimum absolute atomic E-state index is 0.00584. The van der Waals surface area contributed by atoms with E-state index in [1.54, 1.807) is 0 Å². The number of aromatic amines is 1. The van der Waals surface area contributed by atoms with Crippen molar-refractivity contribution in [2.24, 2.45) is 4.99 Å². The summed E-state index contributed by atoms with van der Waals surface area (Å²) >= 11 is 0. The van der Waals surface area contributed by atoms with E-state index in [4.69, 9.17) is 14.8 Å². The minimum atomic E-state index is -1.13. The zero-order valence-electron chi connectivity index (χ0n) is 23.4. The van der Waals surface area contributed by atoms with Gasteiger partial charge in [-0.1, -0.05) is 19.6 Å². The number of nitrogens with one attached hydrogen (secondary N) is 1. The largest absolute Gasteiger partial charge is 0.465 e. The summed E-state index contributed by atoms with van der Waals surface area (Å²) in [6, 6.07) is 5.87. The molecule has 5 heterocycles. The molecular formula is C27H40N8O3Si. The van der Waals surface area contributed by atoms with Gasteiger partial charge in [0.15, 0.2) is 0 Å². The number of aliphatic imine (C=N–C) groups is 1. The molecule has 2 unspecified atom stereocenters. The van der Waals surface area contributed by atoms with E-state index in [1.165, 1.54) is 4.90 Å². The summed E-state index contributed by atoms with van der Waals surface area (Å²) in [5.74, 6) is 1.00. The Morgan fingerprint density at radius 1 is 1.36 bits per heavy atom. The zero-order valence-corrected chi connectivity index (χ0v) is 24.4. The van der Waals surface area contributed by atoms with E-state index in [1.807, 2.05) is 36.3 Å². The molecule has 0 spiro atoms. The van der Waals surface area contributed by atoms with Gasteiger partial charge in [-0.15, -0.1) is 0 Å². The summed E-state index contributed by atoms with van der Waals surface area (Å²) in [7, 11) is -1.13. The van der Waals surface area contributed by atoms with E-state index < -0.39 is 14.2 Å². The first-order valence-electron chi connectivity index (χ1n) is 13.8. The minimum Gasteiger partial charge on any atom is -0.465 e. The second-order valence-electron chi connectivity index (χ2n) is 12.4. The fraction of sp³-hybridized carbons (Fsp3) is 0.630. The van der Waals surface area contributed by atoms with Crippen LogP contribution in [0.25, 0.3) is 0 Å². The molecule has 0 radical (unpaired) electrons. The third-order valence-electron chi connectivity index (χ3n) is 8.30. The number of piperidine rings is 1. The van der Waals surface area contributed by atoms with Crippen LogP contribution < -0.4 is 4.90 Å². The molecule has 39 heavy (non-hydrogen) atoms. The highest BCUT2D eigenvalue weighted by molar-refractivity contribution is 6.76. The average Bonchev–Trinajstić information content (AvgIpc) is 3.54. The molecule has 5 rings (SSSR count). The van der Waals surface area contributed by atoms with Crippen molar-refractivity contribution < 1.29 is 14.6 Å². The highest BCUT2D eigenvalue weighted by Gasteiger charge is 2.49. The Morgan fingerprint density at radius 3 is 2.85 bits per heavy atom. The van der Waals surface area contributed by atoms with Crippen LogP contribution in [-0.4, -0.2) is 101 Å². The van der Waals surface area contributed by atoms with E-state index >= 15 is 0 Å². The predicted molar refractivity (Wildman–Crippen MR) is 152 cm³/mol. The highest BCUT2D eigenvalue weighted by Crippen LogP contribution is 2.37. The van der Waals surface area contributed by atoms with Gasteiger partial charge in [0, 0.05) is 69.9 Å². The summed E-state index contributed by atoms with van der Waals surface area (Å²) in [5.41, 5.74) is 2.48. The maximum atomic E-state index is 11.4. The molecule has 0 bridgehead atoms. The van der Waals surface area contributed by atoms with Crippen LogP contribution in [0.3, 0.4) is 0 Å². The standard InChI is InChI=1S/C27H40N8O3Si/c1-20-13-22(6-10-34(20)26(36)37)32-16-27(17-32,7-8-28)35-15-21(14-31-35)24-23-5-9-29-25(23)33(18-30-24)19-38-11-12-39(2,3)4/h5,9,14-15,20,22,29H,6-7,10-13,16-19H2,1-4H3,(H,36,37). The molecule has 2 aromatic rings.